The predicted molar refractivity (Wildman–Crippen MR) is 89.5 cm³/mol. The molecule has 0 radical (unpaired) electrons. The highest BCUT2D eigenvalue weighted by atomic mass is 16.5. The number of carbonyl (C=O) groups excluding carboxylic acids is 1. The first-order chi connectivity index (χ1) is 11.8. The maximum absolute atomic E-state index is 11.7. The van der Waals surface area contributed by atoms with Crippen LogP contribution < -0.4 is 10.6 Å². The average Bonchev–Trinajstić information content (AvgIpc) is 3.06. The van der Waals surface area contributed by atoms with Crippen LogP contribution in [0.15, 0.2) is 53.3 Å². The van der Waals surface area contributed by atoms with E-state index >= 15 is 0 Å². The lowest BCUT2D eigenvalue weighted by molar-refractivity contribution is 0.252. The Kier molecular flexibility index (Phi) is 4.81. The Morgan fingerprint density at radius 3 is 2.88 bits per heavy atom. The second kappa shape index (κ2) is 7.36. The number of urea groups is 1. The van der Waals surface area contributed by atoms with Gasteiger partial charge in [-0.15, -0.1) is 0 Å². The average molecular weight is 323 g/mol. The fourth-order valence-corrected chi connectivity index (χ4v) is 2.23. The van der Waals surface area contributed by atoms with Crippen LogP contribution in [0.25, 0.3) is 11.4 Å². The van der Waals surface area contributed by atoms with E-state index in [9.17, 15) is 4.79 Å². The van der Waals surface area contributed by atoms with Crippen molar-refractivity contribution in [2.75, 3.05) is 11.9 Å². The molecule has 2 amide bonds. The molecule has 2 aromatic heterocycles. The molecule has 0 unspecified atom stereocenters. The summed E-state index contributed by atoms with van der Waals surface area (Å²) in [6, 6.07) is 10.9. The van der Waals surface area contributed by atoms with Gasteiger partial charge in [-0.05, 0) is 30.7 Å². The van der Waals surface area contributed by atoms with Crippen molar-refractivity contribution in [3.05, 3.63) is 60.2 Å². The molecule has 1 aromatic carbocycles. The minimum Gasteiger partial charge on any atom is -0.339 e. The van der Waals surface area contributed by atoms with Gasteiger partial charge in [0.2, 0.25) is 11.7 Å². The molecule has 2 N–H and O–H groups in total. The lowest BCUT2D eigenvalue weighted by Gasteiger charge is -2.09. The van der Waals surface area contributed by atoms with Gasteiger partial charge in [-0.25, -0.2) is 4.79 Å². The number of rotatable bonds is 5. The van der Waals surface area contributed by atoms with E-state index in [0.29, 0.717) is 30.4 Å². The molecule has 0 saturated heterocycles. The summed E-state index contributed by atoms with van der Waals surface area (Å²) in [7, 11) is 0. The van der Waals surface area contributed by atoms with E-state index in [0.717, 1.165) is 11.1 Å². The molecule has 0 saturated carbocycles. The first kappa shape index (κ1) is 15.7. The van der Waals surface area contributed by atoms with Crippen LogP contribution >= 0.6 is 0 Å². The molecule has 122 valence electrons. The first-order valence-electron chi connectivity index (χ1n) is 7.62. The molecule has 3 aromatic rings. The van der Waals surface area contributed by atoms with Gasteiger partial charge < -0.3 is 15.2 Å². The zero-order valence-electron chi connectivity index (χ0n) is 13.2. The maximum Gasteiger partial charge on any atom is 0.319 e. The summed E-state index contributed by atoms with van der Waals surface area (Å²) >= 11 is 0. The number of benzene rings is 1. The van der Waals surface area contributed by atoms with Gasteiger partial charge in [0.25, 0.3) is 0 Å². The zero-order chi connectivity index (χ0) is 16.8. The molecule has 0 fully saturated rings. The van der Waals surface area contributed by atoms with Gasteiger partial charge in [-0.1, -0.05) is 23.4 Å². The van der Waals surface area contributed by atoms with Crippen LogP contribution in [0.4, 0.5) is 10.5 Å². The Hall–Kier alpha value is -3.22. The predicted octanol–water partition coefficient (Wildman–Crippen LogP) is 2.86. The van der Waals surface area contributed by atoms with Crippen molar-refractivity contribution in [2.45, 2.75) is 13.3 Å². The van der Waals surface area contributed by atoms with Gasteiger partial charge in [0.05, 0.1) is 6.42 Å². The second-order valence-corrected chi connectivity index (χ2v) is 5.07. The van der Waals surface area contributed by atoms with Crippen molar-refractivity contribution in [1.29, 1.82) is 0 Å². The Bertz CT molecular complexity index is 817. The van der Waals surface area contributed by atoms with Crippen molar-refractivity contribution in [3.63, 3.8) is 0 Å². The molecule has 0 aliphatic rings. The van der Waals surface area contributed by atoms with Crippen LogP contribution in [-0.4, -0.2) is 27.7 Å². The van der Waals surface area contributed by atoms with Gasteiger partial charge in [0.15, 0.2) is 0 Å². The molecule has 7 nitrogen and oxygen atoms in total. The quantitative estimate of drug-likeness (QED) is 0.753. The van der Waals surface area contributed by atoms with E-state index in [2.05, 4.69) is 25.8 Å². The third-order valence-electron chi connectivity index (χ3n) is 3.33. The topological polar surface area (TPSA) is 92.9 Å². The van der Waals surface area contributed by atoms with Crippen LogP contribution in [0.5, 0.6) is 0 Å². The lowest BCUT2D eigenvalue weighted by Crippen LogP contribution is -2.28. The van der Waals surface area contributed by atoms with Gasteiger partial charge in [0, 0.05) is 30.2 Å². The minimum absolute atomic E-state index is 0.244. The van der Waals surface area contributed by atoms with Crippen molar-refractivity contribution < 1.29 is 9.32 Å². The van der Waals surface area contributed by atoms with Gasteiger partial charge in [-0.3, -0.25) is 4.98 Å². The molecule has 0 bridgehead atoms. The number of nitrogens with one attached hydrogen (secondary N) is 2. The molecule has 0 aliphatic heterocycles. The molecule has 0 atom stereocenters. The molecule has 0 aliphatic carbocycles. The smallest absolute Gasteiger partial charge is 0.319 e. The van der Waals surface area contributed by atoms with Gasteiger partial charge >= 0.3 is 6.03 Å². The highest BCUT2D eigenvalue weighted by Gasteiger charge is 2.12. The van der Waals surface area contributed by atoms with Crippen LogP contribution in [0, 0.1) is 0 Å². The number of anilines is 1. The molecule has 24 heavy (non-hydrogen) atoms. The Morgan fingerprint density at radius 2 is 2.08 bits per heavy atom. The molecular formula is C17H17N5O2. The summed E-state index contributed by atoms with van der Waals surface area (Å²) in [5.74, 6) is 0.964. The number of nitrogens with zero attached hydrogens (tertiary/aromatic N) is 3. The van der Waals surface area contributed by atoms with Crippen LogP contribution in [-0.2, 0) is 6.42 Å². The van der Waals surface area contributed by atoms with E-state index in [4.69, 9.17) is 4.52 Å². The molecule has 7 heteroatoms. The number of pyridine rings is 1. The van der Waals surface area contributed by atoms with Crippen LogP contribution in [0.1, 0.15) is 18.4 Å². The minimum atomic E-state index is -0.244. The molecule has 3 rings (SSSR count). The summed E-state index contributed by atoms with van der Waals surface area (Å²) in [5.41, 5.74) is 2.40. The highest BCUT2D eigenvalue weighted by molar-refractivity contribution is 5.90. The molecule has 0 spiro atoms. The lowest BCUT2D eigenvalue weighted by atomic mass is 10.1. The van der Waals surface area contributed by atoms with Gasteiger partial charge in [0.1, 0.15) is 0 Å². The summed E-state index contributed by atoms with van der Waals surface area (Å²) in [6.07, 6.45) is 3.79. The maximum atomic E-state index is 11.7. The molecule has 2 heterocycles. The summed E-state index contributed by atoms with van der Waals surface area (Å²) in [6.45, 7) is 2.43. The van der Waals surface area contributed by atoms with Crippen molar-refractivity contribution in [3.8, 4) is 11.4 Å². The second-order valence-electron chi connectivity index (χ2n) is 5.07. The summed E-state index contributed by atoms with van der Waals surface area (Å²) < 4.78 is 5.31. The fraction of sp³-hybridized carbons (Fsp3) is 0.176. The highest BCUT2D eigenvalue weighted by Crippen LogP contribution is 2.20. The number of aromatic nitrogens is 3. The van der Waals surface area contributed by atoms with Crippen molar-refractivity contribution in [1.82, 2.24) is 20.4 Å². The Balaban J connectivity index is 1.77. The fourth-order valence-electron chi connectivity index (χ4n) is 2.23. The Morgan fingerprint density at radius 1 is 1.21 bits per heavy atom. The first-order valence-corrected chi connectivity index (χ1v) is 7.62. The van der Waals surface area contributed by atoms with Crippen molar-refractivity contribution in [2.24, 2.45) is 0 Å². The number of carbonyl (C=O) groups is 1. The summed E-state index contributed by atoms with van der Waals surface area (Å²) in [4.78, 5) is 20.2. The van der Waals surface area contributed by atoms with Gasteiger partial charge in [-0.2, -0.15) is 4.98 Å². The largest absolute Gasteiger partial charge is 0.339 e. The van der Waals surface area contributed by atoms with E-state index in [1.165, 1.54) is 0 Å². The third-order valence-corrected chi connectivity index (χ3v) is 3.33. The number of hydrogen-bond donors (Lipinski definition) is 2. The number of para-hydroxylation sites is 1. The Labute approximate surface area is 139 Å². The van der Waals surface area contributed by atoms with E-state index < -0.39 is 0 Å². The van der Waals surface area contributed by atoms with Crippen LogP contribution in [0.3, 0.4) is 0 Å². The monoisotopic (exact) mass is 323 g/mol. The standard InChI is InChI=1S/C17H17N5O2/c1-2-19-17(23)20-14-8-4-3-6-12(14)10-15-21-16(22-24-15)13-7-5-9-18-11-13/h3-9,11H,2,10H2,1H3,(H2,19,20,23). The SMILES string of the molecule is CCNC(=O)Nc1ccccc1Cc1nc(-c2cccnc2)no1. The zero-order valence-corrected chi connectivity index (χ0v) is 13.2. The third kappa shape index (κ3) is 3.75. The molecular weight excluding hydrogens is 306 g/mol. The summed E-state index contributed by atoms with van der Waals surface area (Å²) in [5, 5.41) is 9.50. The van der Waals surface area contributed by atoms with E-state index in [1.807, 2.05) is 43.3 Å². The van der Waals surface area contributed by atoms with Crippen molar-refractivity contribution >= 4 is 11.7 Å². The number of hydrogen-bond acceptors (Lipinski definition) is 5. The normalized spacial score (nSPS) is 10.4. The number of amides is 2. The van der Waals surface area contributed by atoms with E-state index in [-0.39, 0.29) is 6.03 Å². The van der Waals surface area contributed by atoms with E-state index in [1.54, 1.807) is 12.4 Å². The van der Waals surface area contributed by atoms with Crippen LogP contribution in [0.2, 0.25) is 0 Å².